The predicted molar refractivity (Wildman–Crippen MR) is 95.2 cm³/mol. The van der Waals surface area contributed by atoms with Crippen LogP contribution >= 0.6 is 0 Å². The minimum atomic E-state index is -4.39. The molecule has 2 N–H and O–H groups in total. The molecule has 10 heteroatoms. The normalized spacial score (nSPS) is 14.2. The second kappa shape index (κ2) is 6.87. The summed E-state index contributed by atoms with van der Waals surface area (Å²) >= 11 is 0. The quantitative estimate of drug-likeness (QED) is 0.704. The molecule has 1 saturated heterocycles. The first-order valence-corrected chi connectivity index (χ1v) is 8.34. The van der Waals surface area contributed by atoms with Crippen LogP contribution in [0.15, 0.2) is 52.9 Å². The van der Waals surface area contributed by atoms with E-state index in [-0.39, 0.29) is 17.9 Å². The second-order valence-corrected chi connectivity index (χ2v) is 6.02. The van der Waals surface area contributed by atoms with E-state index >= 15 is 0 Å². The van der Waals surface area contributed by atoms with E-state index in [2.05, 4.69) is 20.8 Å². The van der Waals surface area contributed by atoms with Gasteiger partial charge in [-0.1, -0.05) is 17.2 Å². The molecule has 2 amide bonds. The molecule has 2 heterocycles. The molecule has 0 unspecified atom stereocenters. The Kier molecular flexibility index (Phi) is 4.38. The molecule has 1 fully saturated rings. The van der Waals surface area contributed by atoms with E-state index in [1.54, 1.807) is 24.3 Å². The van der Waals surface area contributed by atoms with Crippen molar-refractivity contribution in [2.75, 3.05) is 23.3 Å². The van der Waals surface area contributed by atoms with Crippen molar-refractivity contribution in [1.29, 1.82) is 0 Å². The van der Waals surface area contributed by atoms with Gasteiger partial charge in [0.25, 0.3) is 5.89 Å². The van der Waals surface area contributed by atoms with Crippen molar-refractivity contribution in [1.82, 2.24) is 15.5 Å². The van der Waals surface area contributed by atoms with Crippen LogP contribution in [0.2, 0.25) is 0 Å². The van der Waals surface area contributed by atoms with Crippen molar-refractivity contribution in [2.45, 2.75) is 6.18 Å². The summed E-state index contributed by atoms with van der Waals surface area (Å²) in [7, 11) is 0. The number of benzene rings is 2. The van der Waals surface area contributed by atoms with Gasteiger partial charge in [0.2, 0.25) is 0 Å². The molecule has 144 valence electrons. The van der Waals surface area contributed by atoms with Gasteiger partial charge in [-0.3, -0.25) is 0 Å². The number of halogens is 3. The molecule has 0 aliphatic carbocycles. The number of carbonyl (C=O) groups is 1. The molecule has 0 atom stereocenters. The molecule has 0 bridgehead atoms. The van der Waals surface area contributed by atoms with Crippen molar-refractivity contribution in [3.8, 4) is 11.5 Å². The van der Waals surface area contributed by atoms with Crippen LogP contribution in [0.4, 0.5) is 35.4 Å². The van der Waals surface area contributed by atoms with Gasteiger partial charge < -0.3 is 15.1 Å². The van der Waals surface area contributed by atoms with Gasteiger partial charge in [-0.25, -0.2) is 9.69 Å². The van der Waals surface area contributed by atoms with Crippen molar-refractivity contribution >= 4 is 23.4 Å². The van der Waals surface area contributed by atoms with E-state index in [1.807, 2.05) is 0 Å². The van der Waals surface area contributed by atoms with Crippen LogP contribution in [0.25, 0.3) is 11.5 Å². The Morgan fingerprint density at radius 3 is 2.50 bits per heavy atom. The highest BCUT2D eigenvalue weighted by molar-refractivity contribution is 5.92. The molecule has 1 aromatic heterocycles. The lowest BCUT2D eigenvalue weighted by Gasteiger charge is -2.11. The topological polar surface area (TPSA) is 83.3 Å². The molecule has 3 aromatic rings. The van der Waals surface area contributed by atoms with Crippen molar-refractivity contribution in [3.63, 3.8) is 0 Å². The number of aromatic nitrogens is 2. The van der Waals surface area contributed by atoms with E-state index in [1.165, 1.54) is 17.0 Å². The first-order valence-electron chi connectivity index (χ1n) is 8.34. The lowest BCUT2D eigenvalue weighted by atomic mass is 10.1. The molecule has 1 aliphatic heterocycles. The maximum absolute atomic E-state index is 12.7. The van der Waals surface area contributed by atoms with Gasteiger partial charge >= 0.3 is 18.2 Å². The largest absolute Gasteiger partial charge is 0.416 e. The van der Waals surface area contributed by atoms with Gasteiger partial charge in [-0.05, 0) is 36.4 Å². The minimum Gasteiger partial charge on any atom is -0.403 e. The molecule has 28 heavy (non-hydrogen) atoms. The highest BCUT2D eigenvalue weighted by atomic mass is 19.4. The van der Waals surface area contributed by atoms with E-state index in [0.29, 0.717) is 30.0 Å². The predicted octanol–water partition coefficient (Wildman–Crippen LogP) is 4.03. The molecule has 1 aliphatic rings. The number of carbonyl (C=O) groups excluding carboxylic acids is 1. The lowest BCUT2D eigenvalue weighted by Crippen LogP contribution is -2.27. The zero-order valence-electron chi connectivity index (χ0n) is 14.3. The number of amides is 2. The molecule has 4 rings (SSSR count). The number of para-hydroxylation sites is 1. The van der Waals surface area contributed by atoms with Crippen LogP contribution in [-0.2, 0) is 6.18 Å². The Morgan fingerprint density at radius 1 is 1.07 bits per heavy atom. The Morgan fingerprint density at radius 2 is 1.82 bits per heavy atom. The fourth-order valence-corrected chi connectivity index (χ4v) is 2.76. The molecule has 0 spiro atoms. The van der Waals surface area contributed by atoms with Crippen LogP contribution < -0.4 is 15.5 Å². The number of nitrogens with zero attached hydrogens (tertiary/aromatic N) is 3. The summed E-state index contributed by atoms with van der Waals surface area (Å²) < 4.78 is 43.7. The summed E-state index contributed by atoms with van der Waals surface area (Å²) in [6.45, 7) is 0.911. The average molecular weight is 389 g/mol. The smallest absolute Gasteiger partial charge is 0.403 e. The number of rotatable bonds is 4. The number of urea groups is 1. The zero-order chi connectivity index (χ0) is 19.7. The molecular weight excluding hydrogens is 375 g/mol. The molecule has 7 nitrogen and oxygen atoms in total. The molecule has 0 radical (unpaired) electrons. The monoisotopic (exact) mass is 389 g/mol. The maximum Gasteiger partial charge on any atom is 0.416 e. The Hall–Kier alpha value is -3.56. The van der Waals surface area contributed by atoms with Crippen molar-refractivity contribution in [2.24, 2.45) is 0 Å². The highest BCUT2D eigenvalue weighted by Gasteiger charge is 2.30. The third kappa shape index (κ3) is 3.48. The Bertz CT molecular complexity index is 1000. The van der Waals surface area contributed by atoms with Crippen molar-refractivity contribution in [3.05, 3.63) is 54.1 Å². The number of anilines is 3. The van der Waals surface area contributed by atoms with E-state index in [4.69, 9.17) is 4.42 Å². The van der Waals surface area contributed by atoms with E-state index in [9.17, 15) is 18.0 Å². The fraction of sp³-hybridized carbons (Fsp3) is 0.167. The summed E-state index contributed by atoms with van der Waals surface area (Å²) in [6, 6.07) is 11.4. The summed E-state index contributed by atoms with van der Waals surface area (Å²) in [4.78, 5) is 13.1. The number of hydrogen-bond donors (Lipinski definition) is 2. The fourth-order valence-electron chi connectivity index (χ4n) is 2.76. The standard InChI is InChI=1S/C18H14F3N5O2/c19-18(20,21)11-5-7-12(8-6-11)23-14-4-2-1-3-13(14)15-24-25-17(28-15)26-10-9-22-16(26)27/h1-8,23H,9-10H2,(H,22,27). The zero-order valence-corrected chi connectivity index (χ0v) is 14.3. The average Bonchev–Trinajstić information content (AvgIpc) is 3.31. The molecule has 0 saturated carbocycles. The number of nitrogens with one attached hydrogen (secondary N) is 2. The van der Waals surface area contributed by atoms with Crippen LogP contribution in [0.3, 0.4) is 0 Å². The van der Waals surface area contributed by atoms with E-state index in [0.717, 1.165) is 12.1 Å². The molecular formula is C18H14F3N5O2. The van der Waals surface area contributed by atoms with Crippen LogP contribution in [0.5, 0.6) is 0 Å². The molecule has 2 aromatic carbocycles. The van der Waals surface area contributed by atoms with Gasteiger partial charge in [-0.2, -0.15) is 13.2 Å². The first kappa shape index (κ1) is 17.8. The van der Waals surface area contributed by atoms with Gasteiger partial charge in [0, 0.05) is 18.8 Å². The SMILES string of the molecule is O=C1NCCN1c1nnc(-c2ccccc2Nc2ccc(C(F)(F)F)cc2)o1. The highest BCUT2D eigenvalue weighted by Crippen LogP contribution is 2.33. The summed E-state index contributed by atoms with van der Waals surface area (Å²) in [5.74, 6) is 0.185. The maximum atomic E-state index is 12.7. The van der Waals surface area contributed by atoms with Gasteiger partial charge in [-0.15, -0.1) is 5.10 Å². The summed E-state index contributed by atoms with van der Waals surface area (Å²) in [5, 5.41) is 13.6. The Labute approximate surface area is 157 Å². The van der Waals surface area contributed by atoms with Crippen molar-refractivity contribution < 1.29 is 22.4 Å². The second-order valence-electron chi connectivity index (χ2n) is 6.02. The Balaban J connectivity index is 1.59. The lowest BCUT2D eigenvalue weighted by molar-refractivity contribution is -0.137. The van der Waals surface area contributed by atoms with Crippen LogP contribution in [-0.4, -0.2) is 29.3 Å². The third-order valence-corrected chi connectivity index (χ3v) is 4.15. The van der Waals surface area contributed by atoms with Gasteiger partial charge in [0.15, 0.2) is 0 Å². The van der Waals surface area contributed by atoms with Crippen LogP contribution in [0, 0.1) is 0 Å². The summed E-state index contributed by atoms with van der Waals surface area (Å²) in [6.07, 6.45) is -4.39. The third-order valence-electron chi connectivity index (χ3n) is 4.15. The summed E-state index contributed by atoms with van der Waals surface area (Å²) in [5.41, 5.74) is 0.875. The van der Waals surface area contributed by atoms with Gasteiger partial charge in [0.05, 0.1) is 16.8 Å². The van der Waals surface area contributed by atoms with Gasteiger partial charge in [0.1, 0.15) is 0 Å². The van der Waals surface area contributed by atoms with E-state index < -0.39 is 11.7 Å². The number of alkyl halides is 3. The first-order chi connectivity index (χ1) is 13.4. The minimum absolute atomic E-state index is 0.0781. The number of hydrogen-bond acceptors (Lipinski definition) is 5. The van der Waals surface area contributed by atoms with Crippen LogP contribution in [0.1, 0.15) is 5.56 Å².